The van der Waals surface area contributed by atoms with Gasteiger partial charge in [-0.3, -0.25) is 0 Å². The summed E-state index contributed by atoms with van der Waals surface area (Å²) in [5.41, 5.74) is 6.25. The molecule has 0 aliphatic heterocycles. The molecule has 1 atom stereocenters. The van der Waals surface area contributed by atoms with Crippen molar-refractivity contribution in [3.05, 3.63) is 103 Å². The van der Waals surface area contributed by atoms with E-state index in [9.17, 15) is 0 Å². The van der Waals surface area contributed by atoms with Crippen LogP contribution < -0.4 is 0 Å². The molecule has 7 heteroatoms. The maximum Gasteiger partial charge on any atom is 0.0820 e. The first-order valence-corrected chi connectivity index (χ1v) is 16.9. The summed E-state index contributed by atoms with van der Waals surface area (Å²) in [7, 11) is 10.5. The Labute approximate surface area is 297 Å². The zero-order chi connectivity index (χ0) is 32.5. The van der Waals surface area contributed by atoms with Crippen LogP contribution in [0.15, 0.2) is 66.0 Å². The van der Waals surface area contributed by atoms with Gasteiger partial charge in [-0.25, -0.2) is 4.98 Å². The second kappa shape index (κ2) is 22.6. The molecule has 1 aliphatic carbocycles. The quantitative estimate of drug-likeness (QED) is 0.172. The largest absolute Gasteiger partial charge is 0.675 e. The van der Waals surface area contributed by atoms with Crippen molar-refractivity contribution in [2.45, 2.75) is 77.7 Å². The van der Waals surface area contributed by atoms with Crippen LogP contribution >= 0.6 is 11.3 Å². The van der Waals surface area contributed by atoms with Crippen molar-refractivity contribution >= 4 is 27.8 Å². The Hall–Kier alpha value is -1.90. The van der Waals surface area contributed by atoms with Gasteiger partial charge in [-0.2, -0.15) is 42.3 Å². The molecule has 1 heterocycles. The number of nitrogens with zero attached hydrogens (tertiary/aromatic N) is 5. The topological polar surface area (TPSA) is 69.3 Å². The van der Waals surface area contributed by atoms with Gasteiger partial charge in [0.25, 0.3) is 0 Å². The predicted octanol–water partition coefficient (Wildman–Crippen LogP) is 12.4. The van der Waals surface area contributed by atoms with Crippen molar-refractivity contribution in [1.82, 2.24) is 4.98 Å². The Kier molecular flexibility index (Phi) is 20.6. The van der Waals surface area contributed by atoms with E-state index in [1.54, 1.807) is 53.6 Å². The number of para-hydroxylation sites is 1. The Morgan fingerprint density at radius 1 is 0.689 bits per heavy atom. The Bertz CT molecular complexity index is 1310. The van der Waals surface area contributed by atoms with Crippen molar-refractivity contribution in [3.63, 3.8) is 0 Å². The molecule has 0 radical (unpaired) electrons. The molecule has 1 aliphatic rings. The van der Waals surface area contributed by atoms with Gasteiger partial charge in [-0.1, -0.05) is 138 Å². The Morgan fingerprint density at radius 3 is 1.76 bits per heavy atom. The van der Waals surface area contributed by atoms with Crippen molar-refractivity contribution in [1.29, 1.82) is 0 Å². The van der Waals surface area contributed by atoms with Crippen LogP contribution in [0.5, 0.6) is 0 Å². The van der Waals surface area contributed by atoms with Crippen molar-refractivity contribution in [3.8, 4) is 11.3 Å². The molecule has 1 saturated carbocycles. The molecular formula is C38H55HfN5S-4. The van der Waals surface area contributed by atoms with Crippen molar-refractivity contribution in [2.24, 2.45) is 5.92 Å². The van der Waals surface area contributed by atoms with Gasteiger partial charge in [0.05, 0.1) is 10.7 Å². The summed E-state index contributed by atoms with van der Waals surface area (Å²) in [6.07, 6.45) is 6.46. The molecule has 0 amide bonds. The SMILES string of the molecule is CC(C)c1cccc(C(C)C)c1[N-]C(c1nc(-c2cccc3ccccc23)cs1)C1CCCCC1.C[N-]C.C[N-]C.C[N-]C.[Hf]. The minimum Gasteiger partial charge on any atom is -0.675 e. The number of aromatic nitrogens is 1. The molecule has 1 unspecified atom stereocenters. The van der Waals surface area contributed by atoms with Crippen LogP contribution in [0.25, 0.3) is 43.3 Å². The van der Waals surface area contributed by atoms with Crippen LogP contribution in [0.1, 0.15) is 93.8 Å². The summed E-state index contributed by atoms with van der Waals surface area (Å²) < 4.78 is 0. The molecule has 0 N–H and O–H groups in total. The number of benzene rings is 3. The fourth-order valence-corrected chi connectivity index (χ4v) is 6.56. The number of rotatable bonds is 7. The fraction of sp³-hybridized carbons (Fsp3) is 0.500. The third-order valence-corrected chi connectivity index (χ3v) is 8.46. The molecule has 45 heavy (non-hydrogen) atoms. The normalized spacial score (nSPS) is 13.4. The molecule has 0 bridgehead atoms. The van der Waals surface area contributed by atoms with E-state index in [4.69, 9.17) is 10.3 Å². The molecule has 4 aromatic rings. The number of thiazole rings is 1. The molecule has 1 aromatic heterocycles. The molecule has 246 valence electrons. The molecule has 5 nitrogen and oxygen atoms in total. The van der Waals surface area contributed by atoms with Crippen LogP contribution in [0.3, 0.4) is 0 Å². The molecule has 0 saturated heterocycles. The van der Waals surface area contributed by atoms with Crippen LogP contribution in [0, 0.1) is 5.92 Å². The molecule has 0 spiro atoms. The summed E-state index contributed by atoms with van der Waals surface area (Å²) in [6.45, 7) is 9.15. The van der Waals surface area contributed by atoms with Gasteiger partial charge in [0.1, 0.15) is 0 Å². The van der Waals surface area contributed by atoms with Gasteiger partial charge in [-0.15, -0.1) is 17.0 Å². The van der Waals surface area contributed by atoms with Crippen LogP contribution in [0.4, 0.5) is 5.69 Å². The maximum absolute atomic E-state index is 5.61. The van der Waals surface area contributed by atoms with E-state index >= 15 is 0 Å². The minimum atomic E-state index is 0. The van der Waals surface area contributed by atoms with Gasteiger partial charge in [-0.05, 0) is 28.5 Å². The van der Waals surface area contributed by atoms with Gasteiger partial charge in [0.15, 0.2) is 0 Å². The summed E-state index contributed by atoms with van der Waals surface area (Å²) >= 11 is 1.80. The summed E-state index contributed by atoms with van der Waals surface area (Å²) in [5.74, 6) is 1.46. The zero-order valence-electron chi connectivity index (χ0n) is 29.3. The summed E-state index contributed by atoms with van der Waals surface area (Å²) in [5, 5.41) is 22.1. The third-order valence-electron chi connectivity index (χ3n) is 7.55. The monoisotopic (exact) mass is 793 g/mol. The third kappa shape index (κ3) is 12.3. The van der Waals surface area contributed by atoms with E-state index < -0.39 is 0 Å². The van der Waals surface area contributed by atoms with Gasteiger partial charge >= 0.3 is 0 Å². The molecular weight excluding hydrogens is 737 g/mol. The predicted molar refractivity (Wildman–Crippen MR) is 198 cm³/mol. The number of fused-ring (bicyclic) bond motifs is 1. The maximum atomic E-state index is 5.61. The first kappa shape index (κ1) is 41.1. The van der Waals surface area contributed by atoms with E-state index in [0.29, 0.717) is 17.8 Å². The first-order valence-electron chi connectivity index (χ1n) is 16.0. The van der Waals surface area contributed by atoms with E-state index in [0.717, 1.165) is 5.69 Å². The van der Waals surface area contributed by atoms with Crippen LogP contribution in [0.2, 0.25) is 0 Å². The number of hydrogen-bond acceptors (Lipinski definition) is 2. The second-order valence-electron chi connectivity index (χ2n) is 12.0. The average molecular weight is 792 g/mol. The molecule has 1 fully saturated rings. The Morgan fingerprint density at radius 2 is 1.20 bits per heavy atom. The smallest absolute Gasteiger partial charge is 0.0820 e. The summed E-state index contributed by atoms with van der Waals surface area (Å²) in [4.78, 5) is 5.28. The molecule has 3 aromatic carbocycles. The second-order valence-corrected chi connectivity index (χ2v) is 12.9. The van der Waals surface area contributed by atoms with Gasteiger partial charge in [0, 0.05) is 36.8 Å². The summed E-state index contributed by atoms with van der Waals surface area (Å²) in [6, 6.07) is 22.0. The average Bonchev–Trinajstić information content (AvgIpc) is 3.51. The van der Waals surface area contributed by atoms with Crippen LogP contribution in [-0.2, 0) is 25.8 Å². The first-order chi connectivity index (χ1) is 21.3. The number of hydrogen-bond donors (Lipinski definition) is 0. The minimum absolute atomic E-state index is 0. The Balaban J connectivity index is 0.000000910. The van der Waals surface area contributed by atoms with Crippen molar-refractivity contribution in [2.75, 3.05) is 42.3 Å². The van der Waals surface area contributed by atoms with E-state index in [1.165, 1.54) is 70.3 Å². The van der Waals surface area contributed by atoms with Gasteiger partial charge < -0.3 is 21.3 Å². The van der Waals surface area contributed by atoms with Gasteiger partial charge in [0.2, 0.25) is 0 Å². The van der Waals surface area contributed by atoms with E-state index in [-0.39, 0.29) is 31.9 Å². The van der Waals surface area contributed by atoms with E-state index in [2.05, 4.69) is 110 Å². The molecule has 5 rings (SSSR count). The fourth-order valence-electron chi connectivity index (χ4n) is 5.61. The van der Waals surface area contributed by atoms with Crippen LogP contribution in [-0.4, -0.2) is 47.3 Å². The standard InChI is InChI=1S/C32H37N2S.3C2H6N.Hf/c1-21(2)25-17-11-18-26(22(3)4)31(25)34-30(24-13-6-5-7-14-24)32-33-29(20-35-32)28-19-10-15-23-12-8-9-16-27(23)28;3*1-3-2;/h8-12,15-22,24,30H,5-7,13-14H2,1-4H3;3*1-2H3;/q4*-1;. The van der Waals surface area contributed by atoms with E-state index in [1.807, 2.05) is 0 Å². The van der Waals surface area contributed by atoms with Crippen molar-refractivity contribution < 1.29 is 25.8 Å². The zero-order valence-corrected chi connectivity index (χ0v) is 33.7.